The number of rotatable bonds is 10. The number of ether oxygens (including phenoxy) is 3. The van der Waals surface area contributed by atoms with E-state index in [1.54, 1.807) is 48.5 Å². The van der Waals surface area contributed by atoms with Crippen LogP contribution in [0.15, 0.2) is 78.9 Å². The Labute approximate surface area is 180 Å². The van der Waals surface area contributed by atoms with Crippen LogP contribution in [-0.2, 0) is 9.59 Å². The van der Waals surface area contributed by atoms with Gasteiger partial charge >= 0.3 is 0 Å². The maximum atomic E-state index is 12.1. The smallest absolute Gasteiger partial charge is 0.262 e. The van der Waals surface area contributed by atoms with E-state index in [1.807, 2.05) is 37.3 Å². The number of anilines is 1. The summed E-state index contributed by atoms with van der Waals surface area (Å²) in [6, 6.07) is 23.3. The number of likely N-dealkylation sites (N-methyl/N-ethyl adjacent to an activating group) is 1. The van der Waals surface area contributed by atoms with Crippen LogP contribution in [0.1, 0.15) is 6.92 Å². The molecule has 3 rings (SSSR count). The maximum absolute atomic E-state index is 12.1. The molecular weight excluding hydrogens is 396 g/mol. The van der Waals surface area contributed by atoms with Gasteiger partial charge in [0.25, 0.3) is 11.8 Å². The van der Waals surface area contributed by atoms with Gasteiger partial charge in [-0.2, -0.15) is 0 Å². The molecule has 0 atom stereocenters. The Balaban J connectivity index is 1.42. The second kappa shape index (κ2) is 11.3. The summed E-state index contributed by atoms with van der Waals surface area (Å²) >= 11 is 0. The predicted molar refractivity (Wildman–Crippen MR) is 118 cm³/mol. The number of amides is 2. The summed E-state index contributed by atoms with van der Waals surface area (Å²) in [6.45, 7) is 2.21. The quantitative estimate of drug-likeness (QED) is 0.518. The van der Waals surface area contributed by atoms with Crippen LogP contribution in [-0.4, -0.2) is 31.6 Å². The average molecular weight is 420 g/mol. The Morgan fingerprint density at radius 1 is 0.677 bits per heavy atom. The zero-order chi connectivity index (χ0) is 21.9. The van der Waals surface area contributed by atoms with Crippen LogP contribution in [0.2, 0.25) is 0 Å². The third kappa shape index (κ3) is 7.40. The van der Waals surface area contributed by atoms with Crippen LogP contribution in [0.25, 0.3) is 0 Å². The molecular formula is C24H24N2O5. The molecule has 0 spiro atoms. The summed E-state index contributed by atoms with van der Waals surface area (Å²) in [4.78, 5) is 23.5. The van der Waals surface area contributed by atoms with E-state index in [2.05, 4.69) is 10.6 Å². The average Bonchev–Trinajstić information content (AvgIpc) is 2.79. The van der Waals surface area contributed by atoms with Gasteiger partial charge in [0.15, 0.2) is 13.2 Å². The molecule has 0 unspecified atom stereocenters. The highest BCUT2D eigenvalue weighted by Gasteiger charge is 2.06. The second-order valence-electron chi connectivity index (χ2n) is 6.49. The first-order chi connectivity index (χ1) is 15.1. The van der Waals surface area contributed by atoms with Crippen molar-refractivity contribution in [2.75, 3.05) is 25.1 Å². The SMILES string of the molecule is CCNC(=O)COc1ccc(NC(=O)COc2ccc(Oc3ccccc3)cc2)cc1. The van der Waals surface area contributed by atoms with E-state index in [-0.39, 0.29) is 25.0 Å². The number of para-hydroxylation sites is 1. The molecule has 31 heavy (non-hydrogen) atoms. The molecule has 3 aromatic carbocycles. The van der Waals surface area contributed by atoms with Gasteiger partial charge in [-0.15, -0.1) is 0 Å². The highest BCUT2D eigenvalue weighted by Crippen LogP contribution is 2.23. The Morgan fingerprint density at radius 3 is 1.81 bits per heavy atom. The summed E-state index contributed by atoms with van der Waals surface area (Å²) in [5.41, 5.74) is 0.602. The van der Waals surface area contributed by atoms with Crippen LogP contribution in [0.4, 0.5) is 5.69 Å². The molecule has 0 bridgehead atoms. The molecule has 7 heteroatoms. The standard InChI is InChI=1S/C24H24N2O5/c1-2-25-23(27)16-29-19-10-8-18(9-11-19)26-24(28)17-30-20-12-14-22(15-13-20)31-21-6-4-3-5-7-21/h3-15H,2,16-17H2,1H3,(H,25,27)(H,26,28). The van der Waals surface area contributed by atoms with Crippen molar-refractivity contribution in [2.24, 2.45) is 0 Å². The molecule has 0 heterocycles. The van der Waals surface area contributed by atoms with E-state index in [0.29, 0.717) is 29.5 Å². The molecule has 0 saturated carbocycles. The number of benzene rings is 3. The van der Waals surface area contributed by atoms with Gasteiger partial charge in [-0.25, -0.2) is 0 Å². The minimum atomic E-state index is -0.291. The minimum absolute atomic E-state index is 0.0530. The van der Waals surface area contributed by atoms with E-state index >= 15 is 0 Å². The Hall–Kier alpha value is -4.00. The third-order valence-corrected chi connectivity index (χ3v) is 4.05. The molecule has 0 fully saturated rings. The molecule has 0 aliphatic heterocycles. The zero-order valence-corrected chi connectivity index (χ0v) is 17.2. The molecule has 0 aromatic heterocycles. The monoisotopic (exact) mass is 420 g/mol. The first kappa shape index (κ1) is 21.7. The van der Waals surface area contributed by atoms with Crippen LogP contribution in [0.5, 0.6) is 23.0 Å². The van der Waals surface area contributed by atoms with Crippen molar-refractivity contribution in [3.8, 4) is 23.0 Å². The topological polar surface area (TPSA) is 85.9 Å². The number of carbonyl (C=O) groups excluding carboxylic acids is 2. The summed E-state index contributed by atoms with van der Waals surface area (Å²) < 4.78 is 16.6. The lowest BCUT2D eigenvalue weighted by atomic mass is 10.3. The molecule has 0 aliphatic carbocycles. The van der Waals surface area contributed by atoms with E-state index < -0.39 is 0 Å². The van der Waals surface area contributed by atoms with E-state index in [9.17, 15) is 9.59 Å². The van der Waals surface area contributed by atoms with Gasteiger partial charge in [0.1, 0.15) is 23.0 Å². The molecule has 0 aliphatic rings. The third-order valence-electron chi connectivity index (χ3n) is 4.05. The minimum Gasteiger partial charge on any atom is -0.484 e. The molecule has 3 aromatic rings. The lowest BCUT2D eigenvalue weighted by Gasteiger charge is -2.10. The number of hydrogen-bond donors (Lipinski definition) is 2. The number of carbonyl (C=O) groups is 2. The molecule has 2 amide bonds. The van der Waals surface area contributed by atoms with Crippen molar-refractivity contribution >= 4 is 17.5 Å². The fourth-order valence-electron chi connectivity index (χ4n) is 2.61. The molecule has 2 N–H and O–H groups in total. The maximum Gasteiger partial charge on any atom is 0.262 e. The van der Waals surface area contributed by atoms with E-state index in [1.165, 1.54) is 0 Å². The fourth-order valence-corrected chi connectivity index (χ4v) is 2.61. The van der Waals surface area contributed by atoms with Crippen LogP contribution < -0.4 is 24.8 Å². The Kier molecular flexibility index (Phi) is 7.88. The first-order valence-electron chi connectivity index (χ1n) is 9.87. The summed E-state index contributed by atoms with van der Waals surface area (Å²) in [5.74, 6) is 2.05. The summed E-state index contributed by atoms with van der Waals surface area (Å²) in [7, 11) is 0. The van der Waals surface area contributed by atoms with Crippen molar-refractivity contribution in [2.45, 2.75) is 6.92 Å². The lowest BCUT2D eigenvalue weighted by molar-refractivity contribution is -0.123. The number of hydrogen-bond acceptors (Lipinski definition) is 5. The van der Waals surface area contributed by atoms with Crippen molar-refractivity contribution in [3.63, 3.8) is 0 Å². The summed E-state index contributed by atoms with van der Waals surface area (Å²) in [5, 5.41) is 5.40. The van der Waals surface area contributed by atoms with Crippen LogP contribution in [0.3, 0.4) is 0 Å². The second-order valence-corrected chi connectivity index (χ2v) is 6.49. The highest BCUT2D eigenvalue weighted by atomic mass is 16.5. The van der Waals surface area contributed by atoms with Gasteiger partial charge < -0.3 is 24.8 Å². The van der Waals surface area contributed by atoms with Gasteiger partial charge in [-0.1, -0.05) is 18.2 Å². The van der Waals surface area contributed by atoms with Gasteiger partial charge in [0.2, 0.25) is 0 Å². The molecule has 7 nitrogen and oxygen atoms in total. The zero-order valence-electron chi connectivity index (χ0n) is 17.2. The predicted octanol–water partition coefficient (Wildman–Crippen LogP) is 4.01. The molecule has 160 valence electrons. The summed E-state index contributed by atoms with van der Waals surface area (Å²) in [6.07, 6.45) is 0. The fraction of sp³-hybridized carbons (Fsp3) is 0.167. The van der Waals surface area contributed by atoms with Gasteiger partial charge in [0, 0.05) is 12.2 Å². The van der Waals surface area contributed by atoms with Crippen LogP contribution >= 0.6 is 0 Å². The van der Waals surface area contributed by atoms with Crippen molar-refractivity contribution < 1.29 is 23.8 Å². The Morgan fingerprint density at radius 2 is 1.19 bits per heavy atom. The van der Waals surface area contributed by atoms with E-state index in [0.717, 1.165) is 5.75 Å². The van der Waals surface area contributed by atoms with Gasteiger partial charge in [0.05, 0.1) is 0 Å². The Bertz CT molecular complexity index is 973. The van der Waals surface area contributed by atoms with Crippen molar-refractivity contribution in [3.05, 3.63) is 78.9 Å². The van der Waals surface area contributed by atoms with E-state index in [4.69, 9.17) is 14.2 Å². The van der Waals surface area contributed by atoms with Crippen LogP contribution in [0, 0.1) is 0 Å². The number of nitrogens with one attached hydrogen (secondary N) is 2. The molecule has 0 radical (unpaired) electrons. The largest absolute Gasteiger partial charge is 0.484 e. The van der Waals surface area contributed by atoms with Gasteiger partial charge in [-0.05, 0) is 67.6 Å². The highest BCUT2D eigenvalue weighted by molar-refractivity contribution is 5.91. The lowest BCUT2D eigenvalue weighted by Crippen LogP contribution is -2.28. The normalized spacial score (nSPS) is 10.1. The van der Waals surface area contributed by atoms with Gasteiger partial charge in [-0.3, -0.25) is 9.59 Å². The van der Waals surface area contributed by atoms with Crippen molar-refractivity contribution in [1.29, 1.82) is 0 Å². The molecule has 0 saturated heterocycles. The van der Waals surface area contributed by atoms with Crippen molar-refractivity contribution in [1.82, 2.24) is 5.32 Å². The first-order valence-corrected chi connectivity index (χ1v) is 9.87.